The molecule has 0 unspecified atom stereocenters. The molecule has 3 aliphatic rings. The highest BCUT2D eigenvalue weighted by molar-refractivity contribution is 5.96. The number of rotatable bonds is 10. The molecule has 2 fully saturated rings. The number of ether oxygens (including phenoxy) is 2. The molecule has 6 bridgehead atoms. The third kappa shape index (κ3) is 10.8. The molecule has 2 N–H and O–H groups in total. The van der Waals surface area contributed by atoms with Crippen LogP contribution in [0.3, 0.4) is 0 Å². The summed E-state index contributed by atoms with van der Waals surface area (Å²) in [5, 5.41) is 4.91. The highest BCUT2D eigenvalue weighted by atomic mass is 19.4. The first-order chi connectivity index (χ1) is 32.2. The Bertz CT molecular complexity index is 2570. The first kappa shape index (κ1) is 49.8. The molecular weight excluding hydrogens is 880 g/mol. The number of nitrogens with zero attached hydrogens (tertiary/aromatic N) is 5. The molecule has 7 rings (SSSR count). The third-order valence-corrected chi connectivity index (χ3v) is 13.3. The van der Waals surface area contributed by atoms with Crippen molar-refractivity contribution in [3.63, 3.8) is 0 Å². The lowest BCUT2D eigenvalue weighted by Gasteiger charge is -2.37. The number of hydrogen-bond donors (Lipinski definition) is 2. The summed E-state index contributed by atoms with van der Waals surface area (Å²) in [5.74, 6) is -3.09. The highest BCUT2D eigenvalue weighted by Gasteiger charge is 2.41. The molecule has 2 saturated heterocycles. The van der Waals surface area contributed by atoms with Gasteiger partial charge in [0.25, 0.3) is 5.91 Å². The monoisotopic (exact) mass is 941 g/mol. The van der Waals surface area contributed by atoms with Gasteiger partial charge in [-0.2, -0.15) is 13.2 Å². The van der Waals surface area contributed by atoms with Crippen LogP contribution < -0.4 is 10.7 Å². The van der Waals surface area contributed by atoms with Gasteiger partial charge in [0.05, 0.1) is 30.0 Å². The topological polar surface area (TPSA) is 155 Å². The van der Waals surface area contributed by atoms with Crippen LogP contribution in [-0.4, -0.2) is 119 Å². The standard InChI is InChI=1S/C51H62F3N7O7/c1-9-42(62)59-22-19-35(27-59)47(64)58(7)44(30(2)3)46(63)56-40-24-32-13-10-14-33(23-32)34-17-18-41-37(25-34)38(26-50(5,6)29-68-49(66)39-16-12-21-61(57-39)48(40)65)45(60(41)28-51(52,53)54)36-15-11-20-55-43(36)31(4)67-8/h9-11,13-15,17-18,20,23,25,30-31,35,39-40,44,57H,1,12,16,19,21-22,24,26-29H2,2-8H3,(H,56,63)/t31-,35-,39-,40-,44-/m0/s1. The average Bonchev–Trinajstić information content (AvgIpc) is 3.91. The maximum absolute atomic E-state index is 14.7. The van der Waals surface area contributed by atoms with E-state index in [2.05, 4.69) is 22.3 Å². The number of carbonyl (C=O) groups is 5. The second-order valence-electron chi connectivity index (χ2n) is 19.4. The van der Waals surface area contributed by atoms with Gasteiger partial charge in [0.2, 0.25) is 17.7 Å². The molecule has 0 aliphatic carbocycles. The first-order valence-electron chi connectivity index (χ1n) is 23.2. The zero-order valence-corrected chi connectivity index (χ0v) is 39.8. The van der Waals surface area contributed by atoms with Crippen molar-refractivity contribution in [2.75, 3.05) is 40.4 Å². The number of carbonyl (C=O) groups excluding carboxylic acids is 5. The van der Waals surface area contributed by atoms with Gasteiger partial charge in [-0.05, 0) is 91.1 Å². The minimum Gasteiger partial charge on any atom is -0.464 e. The lowest BCUT2D eigenvalue weighted by atomic mass is 9.84. The molecule has 68 heavy (non-hydrogen) atoms. The molecule has 364 valence electrons. The van der Waals surface area contributed by atoms with Gasteiger partial charge in [-0.15, -0.1) is 0 Å². The van der Waals surface area contributed by atoms with E-state index >= 15 is 0 Å². The third-order valence-electron chi connectivity index (χ3n) is 13.3. The minimum atomic E-state index is -4.59. The Kier molecular flexibility index (Phi) is 14.8. The van der Waals surface area contributed by atoms with Gasteiger partial charge in [-0.25, -0.2) is 5.43 Å². The molecule has 0 spiro atoms. The van der Waals surface area contributed by atoms with E-state index in [4.69, 9.17) is 9.47 Å². The molecule has 4 aromatic rings. The van der Waals surface area contributed by atoms with Crippen molar-refractivity contribution < 1.29 is 46.6 Å². The molecule has 2 aromatic heterocycles. The maximum Gasteiger partial charge on any atom is 0.406 e. The highest BCUT2D eigenvalue weighted by Crippen LogP contribution is 2.43. The predicted octanol–water partition coefficient (Wildman–Crippen LogP) is 6.81. The van der Waals surface area contributed by atoms with Gasteiger partial charge in [-0.1, -0.05) is 64.6 Å². The Morgan fingerprint density at radius 3 is 2.51 bits per heavy atom. The smallest absolute Gasteiger partial charge is 0.406 e. The number of alkyl halides is 3. The molecule has 0 radical (unpaired) electrons. The number of benzene rings is 2. The summed E-state index contributed by atoms with van der Waals surface area (Å²) in [6.45, 7) is 12.2. The van der Waals surface area contributed by atoms with E-state index in [1.54, 1.807) is 49.3 Å². The number of likely N-dealkylation sites (N-methyl/N-ethyl adjacent to an activating group) is 1. The van der Waals surface area contributed by atoms with E-state index in [-0.39, 0.29) is 50.3 Å². The Morgan fingerprint density at radius 1 is 1.06 bits per heavy atom. The zero-order chi connectivity index (χ0) is 49.2. The van der Waals surface area contributed by atoms with Crippen molar-refractivity contribution in [2.45, 2.75) is 104 Å². The number of aromatic nitrogens is 2. The molecule has 0 saturated carbocycles. The number of cyclic esters (lactones) is 1. The Balaban J connectivity index is 1.32. The van der Waals surface area contributed by atoms with E-state index in [9.17, 15) is 37.1 Å². The Hall–Kier alpha value is -6.07. The van der Waals surface area contributed by atoms with E-state index in [0.29, 0.717) is 70.4 Å². The van der Waals surface area contributed by atoms with Gasteiger partial charge < -0.3 is 29.2 Å². The second-order valence-corrected chi connectivity index (χ2v) is 19.4. The molecular formula is C51H62F3N7O7. The van der Waals surface area contributed by atoms with Crippen LogP contribution in [0.1, 0.15) is 76.8 Å². The van der Waals surface area contributed by atoms with Crippen LogP contribution in [0.15, 0.2) is 73.4 Å². The van der Waals surface area contributed by atoms with Gasteiger partial charge in [0, 0.05) is 68.3 Å². The summed E-state index contributed by atoms with van der Waals surface area (Å²) in [7, 11) is 3.07. The number of methoxy groups -OCH3 is 1. The molecule has 5 atom stereocenters. The lowest BCUT2D eigenvalue weighted by Crippen LogP contribution is -2.62. The first-order valence-corrected chi connectivity index (χ1v) is 23.2. The minimum absolute atomic E-state index is 0.0185. The number of pyridine rings is 1. The molecule has 17 heteroatoms. The fourth-order valence-electron chi connectivity index (χ4n) is 9.90. The summed E-state index contributed by atoms with van der Waals surface area (Å²) in [5.41, 5.74) is 6.63. The van der Waals surface area contributed by atoms with Crippen LogP contribution in [0.25, 0.3) is 33.3 Å². The SMILES string of the molecule is C=CC(=O)N1CC[C@H](C(=O)N(C)[C@H](C(=O)N[C@H]2Cc3cccc(c3)-c3ccc4c(c3)c(c(-c3cccnc3[C@H](C)OC)n4CC(F)(F)F)CC(C)(C)COC(=O)[C@@H]3CCCN(N3)C2=O)C(C)C)C1. The van der Waals surface area contributed by atoms with E-state index in [1.807, 2.05) is 58.0 Å². The van der Waals surface area contributed by atoms with Crippen LogP contribution in [-0.2, 0) is 52.8 Å². The fraction of sp³-hybridized carbons (Fsp3) is 0.490. The van der Waals surface area contributed by atoms with E-state index < -0.39 is 66.1 Å². The summed E-state index contributed by atoms with van der Waals surface area (Å²) in [6, 6.07) is 13.2. The second kappa shape index (κ2) is 20.3. The zero-order valence-electron chi connectivity index (χ0n) is 39.8. The number of hydrazine groups is 1. The van der Waals surface area contributed by atoms with Crippen LogP contribution >= 0.6 is 0 Å². The van der Waals surface area contributed by atoms with Crippen molar-refractivity contribution in [3.8, 4) is 22.4 Å². The largest absolute Gasteiger partial charge is 0.464 e. The van der Waals surface area contributed by atoms with Crippen molar-refractivity contribution in [1.29, 1.82) is 0 Å². The van der Waals surface area contributed by atoms with Gasteiger partial charge in [-0.3, -0.25) is 34.0 Å². The van der Waals surface area contributed by atoms with Gasteiger partial charge >= 0.3 is 12.1 Å². The number of fused-ring (bicyclic) bond motifs is 6. The van der Waals surface area contributed by atoms with E-state index in [1.165, 1.54) is 27.7 Å². The van der Waals surface area contributed by atoms with Gasteiger partial charge in [0.15, 0.2) is 0 Å². The number of likely N-dealkylation sites (tertiary alicyclic amines) is 1. The van der Waals surface area contributed by atoms with E-state index in [0.717, 1.165) is 5.56 Å². The molecule has 5 heterocycles. The number of esters is 1. The normalized spacial score (nSPS) is 21.0. The maximum atomic E-state index is 14.7. The molecule has 4 amide bonds. The summed E-state index contributed by atoms with van der Waals surface area (Å²) in [4.78, 5) is 76.8. The quantitative estimate of drug-likeness (QED) is 0.129. The predicted molar refractivity (Wildman–Crippen MR) is 250 cm³/mol. The number of hydrogen-bond acceptors (Lipinski definition) is 9. The summed E-state index contributed by atoms with van der Waals surface area (Å²) >= 11 is 0. The van der Waals surface area contributed by atoms with Crippen molar-refractivity contribution in [1.82, 2.24) is 35.1 Å². The molecule has 14 nitrogen and oxygen atoms in total. The number of halogens is 3. The van der Waals surface area contributed by atoms with Crippen LogP contribution in [0.2, 0.25) is 0 Å². The molecule has 2 aromatic carbocycles. The lowest BCUT2D eigenvalue weighted by molar-refractivity contribution is -0.155. The van der Waals surface area contributed by atoms with Crippen molar-refractivity contribution in [3.05, 3.63) is 90.3 Å². The van der Waals surface area contributed by atoms with Gasteiger partial charge in [0.1, 0.15) is 24.7 Å². The fourth-order valence-corrected chi connectivity index (χ4v) is 9.90. The van der Waals surface area contributed by atoms with Crippen LogP contribution in [0.4, 0.5) is 13.2 Å². The van der Waals surface area contributed by atoms with Crippen LogP contribution in [0.5, 0.6) is 0 Å². The Morgan fingerprint density at radius 2 is 1.81 bits per heavy atom. The van der Waals surface area contributed by atoms with Crippen LogP contribution in [0, 0.1) is 17.3 Å². The summed E-state index contributed by atoms with van der Waals surface area (Å²) < 4.78 is 57.0. The Labute approximate surface area is 395 Å². The number of nitrogens with one attached hydrogen (secondary N) is 2. The number of amides is 4. The van der Waals surface area contributed by atoms with Crippen molar-refractivity contribution >= 4 is 40.5 Å². The summed E-state index contributed by atoms with van der Waals surface area (Å²) in [6.07, 6.45) is -0.870. The molecule has 3 aliphatic heterocycles. The average molecular weight is 942 g/mol. The van der Waals surface area contributed by atoms with Crippen molar-refractivity contribution in [2.24, 2.45) is 17.3 Å².